The number of pyridine rings is 1. The van der Waals surface area contributed by atoms with E-state index in [1.807, 2.05) is 24.3 Å². The van der Waals surface area contributed by atoms with E-state index in [1.165, 1.54) is 0 Å². The lowest BCUT2D eigenvalue weighted by Crippen LogP contribution is -2.10. The number of hydrogen-bond acceptors (Lipinski definition) is 7. The molecule has 0 aliphatic rings. The second-order valence-electron chi connectivity index (χ2n) is 5.13. The maximum atomic E-state index is 9.23. The van der Waals surface area contributed by atoms with E-state index in [0.29, 0.717) is 35.3 Å². The molecule has 0 atom stereocenters. The van der Waals surface area contributed by atoms with Gasteiger partial charge in [-0.05, 0) is 24.3 Å². The SMILES string of the molecule is N#Cc1ccccc1Nc1cc(-c2ccncc2)nc(NCCO)n1. The van der Waals surface area contributed by atoms with E-state index in [4.69, 9.17) is 5.11 Å². The first-order chi connectivity index (χ1) is 12.3. The van der Waals surface area contributed by atoms with E-state index in [1.54, 1.807) is 30.6 Å². The molecule has 0 saturated carbocycles. The number of hydrogen-bond donors (Lipinski definition) is 3. The molecule has 3 rings (SSSR count). The molecule has 7 heteroatoms. The first-order valence-corrected chi connectivity index (χ1v) is 7.70. The van der Waals surface area contributed by atoms with Crippen molar-refractivity contribution in [3.05, 3.63) is 60.4 Å². The van der Waals surface area contributed by atoms with Crippen LogP contribution in [0.5, 0.6) is 0 Å². The molecule has 2 heterocycles. The Morgan fingerprint density at radius 1 is 1.08 bits per heavy atom. The Labute approximate surface area is 145 Å². The normalized spacial score (nSPS) is 10.1. The number of rotatable bonds is 6. The van der Waals surface area contributed by atoms with Crippen LogP contribution in [0.25, 0.3) is 11.3 Å². The summed E-state index contributed by atoms with van der Waals surface area (Å²) in [5, 5.41) is 24.4. The summed E-state index contributed by atoms with van der Waals surface area (Å²) in [6, 6.07) is 14.9. The lowest BCUT2D eigenvalue weighted by Gasteiger charge is -2.11. The Balaban J connectivity index is 1.99. The van der Waals surface area contributed by atoms with Crippen LogP contribution in [-0.2, 0) is 0 Å². The largest absolute Gasteiger partial charge is 0.395 e. The minimum absolute atomic E-state index is 0.0249. The number of nitriles is 1. The molecule has 0 fully saturated rings. The fourth-order valence-electron chi connectivity index (χ4n) is 2.26. The molecule has 2 aromatic heterocycles. The van der Waals surface area contributed by atoms with E-state index >= 15 is 0 Å². The number of anilines is 3. The summed E-state index contributed by atoms with van der Waals surface area (Å²) in [6.45, 7) is 0.316. The van der Waals surface area contributed by atoms with Gasteiger partial charge in [-0.3, -0.25) is 4.98 Å². The second kappa shape index (κ2) is 7.86. The van der Waals surface area contributed by atoms with Gasteiger partial charge in [0.1, 0.15) is 11.9 Å². The van der Waals surface area contributed by atoms with Gasteiger partial charge in [0, 0.05) is 30.6 Å². The maximum absolute atomic E-state index is 9.23. The molecule has 0 aliphatic carbocycles. The third-order valence-electron chi connectivity index (χ3n) is 3.41. The van der Waals surface area contributed by atoms with E-state index in [2.05, 4.69) is 31.7 Å². The quantitative estimate of drug-likeness (QED) is 0.637. The van der Waals surface area contributed by atoms with Crippen LogP contribution >= 0.6 is 0 Å². The van der Waals surface area contributed by atoms with Crippen molar-refractivity contribution in [1.82, 2.24) is 15.0 Å². The Hall–Kier alpha value is -3.50. The highest BCUT2D eigenvalue weighted by atomic mass is 16.3. The second-order valence-corrected chi connectivity index (χ2v) is 5.13. The van der Waals surface area contributed by atoms with E-state index in [0.717, 1.165) is 5.56 Å². The van der Waals surface area contributed by atoms with Crippen LogP contribution < -0.4 is 10.6 Å². The van der Waals surface area contributed by atoms with Crippen molar-refractivity contribution in [3.63, 3.8) is 0 Å². The minimum Gasteiger partial charge on any atom is -0.395 e. The van der Waals surface area contributed by atoms with Gasteiger partial charge in [0.2, 0.25) is 5.95 Å². The van der Waals surface area contributed by atoms with Crippen molar-refractivity contribution in [2.75, 3.05) is 23.8 Å². The lowest BCUT2D eigenvalue weighted by atomic mass is 10.2. The van der Waals surface area contributed by atoms with Gasteiger partial charge in [0.05, 0.1) is 23.6 Å². The zero-order chi connectivity index (χ0) is 17.5. The van der Waals surface area contributed by atoms with Crippen LogP contribution in [0.15, 0.2) is 54.9 Å². The molecular weight excluding hydrogens is 316 g/mol. The fraction of sp³-hybridized carbons (Fsp3) is 0.111. The molecule has 3 aromatic rings. The zero-order valence-corrected chi connectivity index (χ0v) is 13.3. The molecule has 7 nitrogen and oxygen atoms in total. The van der Waals surface area contributed by atoms with Gasteiger partial charge in [-0.25, -0.2) is 4.98 Å². The van der Waals surface area contributed by atoms with E-state index in [-0.39, 0.29) is 6.61 Å². The van der Waals surface area contributed by atoms with E-state index < -0.39 is 0 Å². The highest BCUT2D eigenvalue weighted by Crippen LogP contribution is 2.24. The average Bonchev–Trinajstić information content (AvgIpc) is 2.67. The Morgan fingerprint density at radius 3 is 2.64 bits per heavy atom. The minimum atomic E-state index is -0.0249. The number of nitrogens with zero attached hydrogens (tertiary/aromatic N) is 4. The molecule has 0 amide bonds. The third-order valence-corrected chi connectivity index (χ3v) is 3.41. The van der Waals surface area contributed by atoms with E-state index in [9.17, 15) is 5.26 Å². The van der Waals surface area contributed by atoms with Crippen LogP contribution in [0.3, 0.4) is 0 Å². The van der Waals surface area contributed by atoms with Crippen LogP contribution in [0.2, 0.25) is 0 Å². The van der Waals surface area contributed by atoms with Gasteiger partial charge in [0.15, 0.2) is 0 Å². The number of aromatic nitrogens is 3. The number of aliphatic hydroxyl groups excluding tert-OH is 1. The average molecular weight is 332 g/mol. The monoisotopic (exact) mass is 332 g/mol. The number of para-hydroxylation sites is 1. The first-order valence-electron chi connectivity index (χ1n) is 7.70. The summed E-state index contributed by atoms with van der Waals surface area (Å²) in [5.41, 5.74) is 2.78. The Morgan fingerprint density at radius 2 is 1.88 bits per heavy atom. The summed E-state index contributed by atoms with van der Waals surface area (Å²) >= 11 is 0. The molecular formula is C18H16N6O. The van der Waals surface area contributed by atoms with Crippen molar-refractivity contribution in [2.24, 2.45) is 0 Å². The van der Waals surface area contributed by atoms with Crippen molar-refractivity contribution < 1.29 is 5.11 Å². The van der Waals surface area contributed by atoms with Crippen LogP contribution in [0.4, 0.5) is 17.5 Å². The zero-order valence-electron chi connectivity index (χ0n) is 13.3. The van der Waals surface area contributed by atoms with Gasteiger partial charge < -0.3 is 15.7 Å². The van der Waals surface area contributed by atoms with Crippen LogP contribution in [-0.4, -0.2) is 33.2 Å². The number of nitrogens with one attached hydrogen (secondary N) is 2. The predicted octanol–water partition coefficient (Wildman–Crippen LogP) is 2.56. The molecule has 0 bridgehead atoms. The fourth-order valence-corrected chi connectivity index (χ4v) is 2.26. The van der Waals surface area contributed by atoms with Crippen molar-refractivity contribution in [3.8, 4) is 17.3 Å². The topological polar surface area (TPSA) is 107 Å². The number of benzene rings is 1. The highest BCUT2D eigenvalue weighted by Gasteiger charge is 2.08. The third kappa shape index (κ3) is 4.07. The standard InChI is InChI=1S/C18H16N6O/c19-12-14-3-1-2-4-15(14)22-17-11-16(13-5-7-20-8-6-13)23-18(24-17)21-9-10-25/h1-8,11,25H,9-10H2,(H2,21,22,23,24). The Kier molecular flexibility index (Phi) is 5.14. The summed E-state index contributed by atoms with van der Waals surface area (Å²) in [7, 11) is 0. The lowest BCUT2D eigenvalue weighted by molar-refractivity contribution is 0.311. The van der Waals surface area contributed by atoms with Gasteiger partial charge in [-0.2, -0.15) is 10.2 Å². The van der Waals surface area contributed by atoms with Gasteiger partial charge in [-0.15, -0.1) is 0 Å². The first kappa shape index (κ1) is 16.4. The van der Waals surface area contributed by atoms with Gasteiger partial charge in [-0.1, -0.05) is 12.1 Å². The number of aliphatic hydroxyl groups is 1. The van der Waals surface area contributed by atoms with Crippen molar-refractivity contribution in [1.29, 1.82) is 5.26 Å². The summed E-state index contributed by atoms with van der Waals surface area (Å²) in [6.07, 6.45) is 3.38. The van der Waals surface area contributed by atoms with Gasteiger partial charge >= 0.3 is 0 Å². The summed E-state index contributed by atoms with van der Waals surface area (Å²) < 4.78 is 0. The summed E-state index contributed by atoms with van der Waals surface area (Å²) in [4.78, 5) is 12.9. The Bertz CT molecular complexity index is 892. The smallest absolute Gasteiger partial charge is 0.225 e. The molecule has 25 heavy (non-hydrogen) atoms. The molecule has 0 unspecified atom stereocenters. The molecule has 1 aromatic carbocycles. The molecule has 0 saturated heterocycles. The molecule has 0 radical (unpaired) electrons. The summed E-state index contributed by atoms with van der Waals surface area (Å²) in [5.74, 6) is 0.935. The van der Waals surface area contributed by atoms with Crippen LogP contribution in [0, 0.1) is 11.3 Å². The maximum Gasteiger partial charge on any atom is 0.225 e. The van der Waals surface area contributed by atoms with Crippen LogP contribution in [0.1, 0.15) is 5.56 Å². The van der Waals surface area contributed by atoms with Crippen molar-refractivity contribution in [2.45, 2.75) is 0 Å². The molecule has 0 aliphatic heterocycles. The predicted molar refractivity (Wildman–Crippen MR) is 95.3 cm³/mol. The van der Waals surface area contributed by atoms with Crippen molar-refractivity contribution >= 4 is 17.5 Å². The van der Waals surface area contributed by atoms with Gasteiger partial charge in [0.25, 0.3) is 0 Å². The molecule has 0 spiro atoms. The molecule has 3 N–H and O–H groups in total. The highest BCUT2D eigenvalue weighted by molar-refractivity contribution is 5.69. The molecule has 124 valence electrons.